The highest BCUT2D eigenvalue weighted by Gasteiger charge is 2.48. The quantitative estimate of drug-likeness (QED) is 0.214. The molecule has 6 amide bonds. The minimum absolute atomic E-state index is 0.0497. The van der Waals surface area contributed by atoms with E-state index in [1.54, 1.807) is 24.3 Å². The third-order valence-electron chi connectivity index (χ3n) is 14.2. The first-order valence-corrected chi connectivity index (χ1v) is 24.2. The molecule has 0 bridgehead atoms. The number of hydrogen-bond donors (Lipinski definition) is 4. The van der Waals surface area contributed by atoms with Crippen molar-refractivity contribution in [1.82, 2.24) is 30.4 Å². The van der Waals surface area contributed by atoms with E-state index >= 15 is 0 Å². The molecule has 5 fully saturated rings. The highest BCUT2D eigenvalue weighted by molar-refractivity contribution is 7.90. The molecule has 1 saturated carbocycles. The molecule has 5 N–H and O–H groups in total. The van der Waals surface area contributed by atoms with Gasteiger partial charge in [-0.2, -0.15) is 0 Å². The van der Waals surface area contributed by atoms with Gasteiger partial charge in [-0.1, -0.05) is 0 Å². The van der Waals surface area contributed by atoms with Crippen LogP contribution in [0.15, 0.2) is 53.6 Å². The number of aromatic nitrogens is 2. The van der Waals surface area contributed by atoms with Crippen LogP contribution in [0.4, 0.5) is 23.0 Å². The largest absolute Gasteiger partial charge is 0.371 e. The van der Waals surface area contributed by atoms with Gasteiger partial charge in [0.05, 0.1) is 22.2 Å². The summed E-state index contributed by atoms with van der Waals surface area (Å²) in [5.74, 6) is -1.72. The number of nitrogens with one attached hydrogen (secondary N) is 3. The van der Waals surface area contributed by atoms with Crippen LogP contribution in [0.3, 0.4) is 0 Å². The number of primary amides is 1. The number of benzene rings is 2. The lowest BCUT2D eigenvalue weighted by atomic mass is 9.74. The van der Waals surface area contributed by atoms with Crippen molar-refractivity contribution in [3.05, 3.63) is 65.5 Å². The van der Waals surface area contributed by atoms with Crippen molar-refractivity contribution < 1.29 is 37.2 Å². The third-order valence-corrected chi connectivity index (χ3v) is 15.3. The lowest BCUT2D eigenvalue weighted by molar-refractivity contribution is -0.136. The molecule has 0 spiro atoms. The molecular weight excluding hydrogens is 841 g/mol. The summed E-state index contributed by atoms with van der Waals surface area (Å²) in [6.45, 7) is 5.01. The van der Waals surface area contributed by atoms with E-state index in [0.717, 1.165) is 81.3 Å². The summed E-state index contributed by atoms with van der Waals surface area (Å²) in [7, 11) is -3.39. The molecule has 3 aromatic rings. The number of likely N-dealkylation sites (tertiary alicyclic amines) is 1. The van der Waals surface area contributed by atoms with Crippen molar-refractivity contribution in [2.45, 2.75) is 106 Å². The second-order valence-electron chi connectivity index (χ2n) is 18.3. The fourth-order valence-electron chi connectivity index (χ4n) is 10.8. The van der Waals surface area contributed by atoms with Crippen LogP contribution in [-0.4, -0.2) is 126 Å². The normalized spacial score (nSPS) is 26.7. The zero-order valence-corrected chi connectivity index (χ0v) is 36.8. The number of rotatable bonds is 10. The number of carbonyl (C=O) groups excluding carboxylic acids is 6. The maximum Gasteiger partial charge on any atom is 0.271 e. The van der Waals surface area contributed by atoms with E-state index in [2.05, 4.69) is 37.7 Å². The van der Waals surface area contributed by atoms with Gasteiger partial charge in [-0.15, -0.1) is 0 Å². The molecule has 2 aromatic carbocycles. The number of imide groups is 2. The minimum Gasteiger partial charge on any atom is -0.371 e. The zero-order chi connectivity index (χ0) is 45.0. The Kier molecular flexibility index (Phi) is 11.6. The number of anilines is 4. The summed E-state index contributed by atoms with van der Waals surface area (Å²) < 4.78 is 23.9. The summed E-state index contributed by atoms with van der Waals surface area (Å²) in [6, 6.07) is 11.3. The number of amides is 6. The van der Waals surface area contributed by atoms with Crippen molar-refractivity contribution in [3.63, 3.8) is 0 Å². The first-order chi connectivity index (χ1) is 30.6. The molecule has 9 rings (SSSR count). The number of hydrogen-bond acceptors (Lipinski definition) is 14. The van der Waals surface area contributed by atoms with Gasteiger partial charge < -0.3 is 26.2 Å². The average molecular weight is 895 g/mol. The van der Waals surface area contributed by atoms with Crippen LogP contribution in [-0.2, 0) is 24.2 Å². The van der Waals surface area contributed by atoms with Crippen LogP contribution >= 0.6 is 0 Å². The van der Waals surface area contributed by atoms with E-state index in [9.17, 15) is 37.2 Å². The molecule has 6 aliphatic rings. The van der Waals surface area contributed by atoms with E-state index in [4.69, 9.17) is 10.7 Å². The average Bonchev–Trinajstić information content (AvgIpc) is 3.45. The Bertz CT molecular complexity index is 2510. The van der Waals surface area contributed by atoms with Gasteiger partial charge in [0, 0.05) is 80.3 Å². The molecule has 18 nitrogen and oxygen atoms in total. The van der Waals surface area contributed by atoms with Gasteiger partial charge >= 0.3 is 0 Å². The number of sulfone groups is 1. The topological polar surface area (TPSA) is 237 Å². The fourth-order valence-corrected chi connectivity index (χ4v) is 11.4. The van der Waals surface area contributed by atoms with Gasteiger partial charge in [-0.3, -0.25) is 43.9 Å². The highest BCUT2D eigenvalue weighted by atomic mass is 32.2. The van der Waals surface area contributed by atoms with Crippen molar-refractivity contribution in [3.8, 4) is 0 Å². The Morgan fingerprint density at radius 2 is 1.62 bits per heavy atom. The SMILES string of the molecule is CC1CC(C(=O)NC2CCCN(c3cnc(C(N)=O)c(Nc4ccc(S(C)(=O)=O)cc4)n3)C2)CC2CCC2N1C1CCN(c2ccc3c(c2)C(=O)N(C2CCC(=O)NC2=O)C3=O)CC1. The molecule has 338 valence electrons. The highest BCUT2D eigenvalue weighted by Crippen LogP contribution is 2.45. The van der Waals surface area contributed by atoms with Crippen LogP contribution in [0.25, 0.3) is 0 Å². The second kappa shape index (κ2) is 17.2. The van der Waals surface area contributed by atoms with Crippen molar-refractivity contribution in [1.29, 1.82) is 0 Å². The molecule has 6 unspecified atom stereocenters. The molecule has 4 saturated heterocycles. The fraction of sp³-hybridized carbons (Fsp3) is 0.511. The Morgan fingerprint density at radius 1 is 0.875 bits per heavy atom. The van der Waals surface area contributed by atoms with Gasteiger partial charge in [-0.25, -0.2) is 18.4 Å². The predicted octanol–water partition coefficient (Wildman–Crippen LogP) is 2.76. The molecule has 64 heavy (non-hydrogen) atoms. The molecule has 0 radical (unpaired) electrons. The van der Waals surface area contributed by atoms with E-state index in [-0.39, 0.29) is 64.3 Å². The van der Waals surface area contributed by atoms with Gasteiger partial charge in [0.25, 0.3) is 17.7 Å². The standard InChI is InChI=1S/C45H54N10O8S/c1-25-20-27(42(58)49-29-4-3-17-53(24-29)37-23-47-39(40(46)57)41(50-37)48-28-6-9-32(10-7-28)64(2,62)63)21-26-5-12-35(26)54(25)30-15-18-52(19-16-30)31-8-11-33-34(22-31)45(61)55(44(33)60)36-13-14-38(56)51-43(36)59/h6-11,22-23,25-27,29-30,35-36H,3-5,12-21,24H2,1-2H3,(H2,46,57)(H,48,50)(H,49,58)(H,51,56,59). The summed E-state index contributed by atoms with van der Waals surface area (Å²) in [5.41, 5.74) is 7.51. The number of fused-ring (bicyclic) bond motifs is 2. The van der Waals surface area contributed by atoms with Gasteiger partial charge in [-0.05, 0) is 113 Å². The Morgan fingerprint density at radius 3 is 2.31 bits per heavy atom. The van der Waals surface area contributed by atoms with Gasteiger partial charge in [0.1, 0.15) is 11.9 Å². The molecule has 5 aliphatic heterocycles. The number of nitrogens with zero attached hydrogens (tertiary/aromatic N) is 6. The lowest BCUT2D eigenvalue weighted by Crippen LogP contribution is -2.56. The molecule has 1 aromatic heterocycles. The molecule has 6 heterocycles. The maximum absolute atomic E-state index is 14.1. The first-order valence-electron chi connectivity index (χ1n) is 22.3. The van der Waals surface area contributed by atoms with Crippen LogP contribution in [0.1, 0.15) is 102 Å². The Balaban J connectivity index is 0.810. The molecule has 1 aliphatic carbocycles. The molecule has 19 heteroatoms. The predicted molar refractivity (Wildman–Crippen MR) is 236 cm³/mol. The van der Waals surface area contributed by atoms with E-state index in [0.29, 0.717) is 42.6 Å². The monoisotopic (exact) mass is 894 g/mol. The molecule has 6 atom stereocenters. The first kappa shape index (κ1) is 43.3. The smallest absolute Gasteiger partial charge is 0.271 e. The van der Waals surface area contributed by atoms with Crippen LogP contribution in [0.5, 0.6) is 0 Å². The third kappa shape index (κ3) is 8.42. The summed E-state index contributed by atoms with van der Waals surface area (Å²) in [6.07, 6.45) is 10.1. The lowest BCUT2D eigenvalue weighted by Gasteiger charge is -2.50. The summed E-state index contributed by atoms with van der Waals surface area (Å²) in [4.78, 5) is 94.6. The van der Waals surface area contributed by atoms with Crippen LogP contribution < -0.4 is 31.5 Å². The Hall–Kier alpha value is -5.95. The van der Waals surface area contributed by atoms with Crippen molar-refractivity contribution in [2.24, 2.45) is 17.6 Å². The number of nitrogens with two attached hydrogens (primary N) is 1. The number of carbonyl (C=O) groups is 6. The van der Waals surface area contributed by atoms with Crippen LogP contribution in [0, 0.1) is 11.8 Å². The van der Waals surface area contributed by atoms with Crippen molar-refractivity contribution >= 4 is 68.3 Å². The van der Waals surface area contributed by atoms with Gasteiger partial charge in [0.15, 0.2) is 21.3 Å². The molecular formula is C45H54N10O8S. The second-order valence-corrected chi connectivity index (χ2v) is 20.3. The maximum atomic E-state index is 14.1. The summed E-state index contributed by atoms with van der Waals surface area (Å²) >= 11 is 0. The zero-order valence-electron chi connectivity index (χ0n) is 36.0. The van der Waals surface area contributed by atoms with Crippen LogP contribution in [0.2, 0.25) is 0 Å². The number of piperidine rings is 3. The Labute approximate surface area is 371 Å². The van der Waals surface area contributed by atoms with Crippen molar-refractivity contribution in [2.75, 3.05) is 47.6 Å². The van der Waals surface area contributed by atoms with E-state index in [1.165, 1.54) is 18.3 Å². The summed E-state index contributed by atoms with van der Waals surface area (Å²) in [5, 5.41) is 8.71. The van der Waals surface area contributed by atoms with Gasteiger partial charge in [0.2, 0.25) is 17.7 Å². The minimum atomic E-state index is -3.39. The van der Waals surface area contributed by atoms with E-state index < -0.39 is 45.4 Å². The van der Waals surface area contributed by atoms with E-state index in [1.807, 2.05) is 11.0 Å².